The van der Waals surface area contributed by atoms with Gasteiger partial charge in [-0.15, -0.1) is 0 Å². The standard InChI is InChI=1S/C48H61N7O7/c1-47(2,3)39(51-45(59)61-7)43(57)53-42(56)38-17-13-26-54(38)34-24-18-30(19-25-34)28-35(31-14-10-9-11-15-31)32-20-22-33(23-21-32)36-29-49-41(50-36)37-16-12-27-55(37)44(58)40(48(4,5)6)52-46(60)62-8/h9-11,14-15,18-25,29,35,37-40H,12-13,16-17,26-28H2,1-8H3,(H,49,50)(H,51,59)(H,52,60)(H,53,56,57)/t35?,37-,38-,39+,40+/m0/s1. The molecule has 2 aliphatic heterocycles. The zero-order valence-corrected chi connectivity index (χ0v) is 37.1. The van der Waals surface area contributed by atoms with Crippen molar-refractivity contribution in [3.8, 4) is 11.3 Å². The van der Waals surface area contributed by atoms with E-state index in [0.29, 0.717) is 25.3 Å². The van der Waals surface area contributed by atoms with Crippen molar-refractivity contribution < 1.29 is 33.4 Å². The summed E-state index contributed by atoms with van der Waals surface area (Å²) in [6, 6.07) is 24.7. The number of nitrogens with zero attached hydrogens (tertiary/aromatic N) is 3. The molecule has 1 unspecified atom stereocenters. The van der Waals surface area contributed by atoms with Crippen LogP contribution in [-0.2, 0) is 30.3 Å². The Morgan fingerprint density at radius 1 is 0.758 bits per heavy atom. The van der Waals surface area contributed by atoms with Gasteiger partial charge < -0.3 is 34.9 Å². The van der Waals surface area contributed by atoms with Crippen molar-refractivity contribution >= 4 is 35.6 Å². The number of alkyl carbamates (subject to hydrolysis) is 2. The summed E-state index contributed by atoms with van der Waals surface area (Å²) >= 11 is 0. The number of aromatic nitrogens is 2. The molecule has 14 heteroatoms. The number of rotatable bonds is 12. The molecule has 0 aliphatic carbocycles. The predicted molar refractivity (Wildman–Crippen MR) is 237 cm³/mol. The molecule has 5 atom stereocenters. The highest BCUT2D eigenvalue weighted by molar-refractivity contribution is 6.02. The number of methoxy groups -OCH3 is 2. The summed E-state index contributed by atoms with van der Waals surface area (Å²) < 4.78 is 9.53. The molecule has 2 saturated heterocycles. The van der Waals surface area contributed by atoms with Gasteiger partial charge in [0.1, 0.15) is 23.9 Å². The molecule has 4 N–H and O–H groups in total. The van der Waals surface area contributed by atoms with E-state index in [2.05, 4.69) is 81.6 Å². The average molecular weight is 848 g/mol. The van der Waals surface area contributed by atoms with Gasteiger partial charge in [-0.25, -0.2) is 14.6 Å². The maximum Gasteiger partial charge on any atom is 0.407 e. The Labute approximate surface area is 364 Å². The molecular formula is C48H61N7O7. The second-order valence-electron chi connectivity index (χ2n) is 18.4. The quantitative estimate of drug-likeness (QED) is 0.114. The summed E-state index contributed by atoms with van der Waals surface area (Å²) in [5.74, 6) is -0.358. The normalized spacial score (nSPS) is 18.1. The van der Waals surface area contributed by atoms with Gasteiger partial charge in [0.2, 0.25) is 17.7 Å². The number of benzene rings is 3. The van der Waals surface area contributed by atoms with Crippen LogP contribution in [0.4, 0.5) is 15.3 Å². The largest absolute Gasteiger partial charge is 0.453 e. The van der Waals surface area contributed by atoms with Gasteiger partial charge >= 0.3 is 12.2 Å². The molecule has 0 radical (unpaired) electrons. The fourth-order valence-corrected chi connectivity index (χ4v) is 8.50. The number of amides is 5. The molecule has 3 heterocycles. The van der Waals surface area contributed by atoms with E-state index in [9.17, 15) is 24.0 Å². The third-order valence-corrected chi connectivity index (χ3v) is 11.9. The molecule has 5 amide bonds. The Kier molecular flexibility index (Phi) is 14.1. The molecule has 2 fully saturated rings. The first-order valence-electron chi connectivity index (χ1n) is 21.4. The van der Waals surface area contributed by atoms with Crippen molar-refractivity contribution in [2.75, 3.05) is 32.2 Å². The Balaban J connectivity index is 1.15. The van der Waals surface area contributed by atoms with Crippen molar-refractivity contribution in [3.63, 3.8) is 0 Å². The molecule has 0 bridgehead atoms. The number of imide groups is 1. The average Bonchev–Trinajstić information content (AvgIpc) is 4.05. The van der Waals surface area contributed by atoms with Crippen molar-refractivity contribution in [1.82, 2.24) is 30.8 Å². The second kappa shape index (κ2) is 19.3. The molecule has 330 valence electrons. The molecular weight excluding hydrogens is 787 g/mol. The van der Waals surface area contributed by atoms with Crippen molar-refractivity contribution in [2.24, 2.45) is 10.8 Å². The van der Waals surface area contributed by atoms with Crippen LogP contribution in [-0.4, -0.2) is 90.2 Å². The Morgan fingerprint density at radius 3 is 1.97 bits per heavy atom. The number of ether oxygens (including phenoxy) is 2. The highest BCUT2D eigenvalue weighted by Crippen LogP contribution is 2.36. The van der Waals surface area contributed by atoms with Crippen molar-refractivity contribution in [2.45, 2.75) is 104 Å². The first-order chi connectivity index (χ1) is 29.5. The summed E-state index contributed by atoms with van der Waals surface area (Å²) in [7, 11) is 2.52. The molecule has 1 aromatic heterocycles. The number of likely N-dealkylation sites (tertiary alicyclic amines) is 1. The van der Waals surface area contributed by atoms with E-state index < -0.39 is 53.0 Å². The summed E-state index contributed by atoms with van der Waals surface area (Å²) in [6.45, 7) is 12.4. The Bertz CT molecular complexity index is 2190. The van der Waals surface area contributed by atoms with Crippen LogP contribution in [0.1, 0.15) is 102 Å². The van der Waals surface area contributed by atoms with Crippen LogP contribution < -0.4 is 20.9 Å². The second-order valence-corrected chi connectivity index (χ2v) is 18.4. The minimum absolute atomic E-state index is 0.0616. The third-order valence-electron chi connectivity index (χ3n) is 11.9. The van der Waals surface area contributed by atoms with Crippen molar-refractivity contribution in [1.29, 1.82) is 0 Å². The maximum absolute atomic E-state index is 13.8. The highest BCUT2D eigenvalue weighted by Gasteiger charge is 2.41. The lowest BCUT2D eigenvalue weighted by Crippen LogP contribution is -2.57. The maximum atomic E-state index is 13.8. The first-order valence-corrected chi connectivity index (χ1v) is 21.4. The van der Waals surface area contributed by atoms with Crippen LogP contribution in [0, 0.1) is 10.8 Å². The molecule has 0 saturated carbocycles. The van der Waals surface area contributed by atoms with E-state index in [1.165, 1.54) is 19.8 Å². The van der Waals surface area contributed by atoms with E-state index in [4.69, 9.17) is 14.5 Å². The van der Waals surface area contributed by atoms with Gasteiger partial charge in [-0.05, 0) is 77.3 Å². The minimum Gasteiger partial charge on any atom is -0.453 e. The molecule has 2 aliphatic rings. The van der Waals surface area contributed by atoms with Crippen molar-refractivity contribution in [3.05, 3.63) is 108 Å². The smallest absolute Gasteiger partial charge is 0.407 e. The van der Waals surface area contributed by atoms with Gasteiger partial charge in [0.25, 0.3) is 0 Å². The predicted octanol–water partition coefficient (Wildman–Crippen LogP) is 7.27. The van der Waals surface area contributed by atoms with E-state index in [1.54, 1.807) is 0 Å². The van der Waals surface area contributed by atoms with Gasteiger partial charge in [0.15, 0.2) is 0 Å². The van der Waals surface area contributed by atoms with E-state index >= 15 is 0 Å². The Morgan fingerprint density at radius 2 is 1.35 bits per heavy atom. The number of nitrogens with one attached hydrogen (secondary N) is 4. The van der Waals surface area contributed by atoms with Crippen LogP contribution in [0.2, 0.25) is 0 Å². The van der Waals surface area contributed by atoms with E-state index in [-0.39, 0.29) is 17.9 Å². The van der Waals surface area contributed by atoms with Gasteiger partial charge in [-0.1, -0.05) is 108 Å². The van der Waals surface area contributed by atoms with Crippen LogP contribution in [0.3, 0.4) is 0 Å². The number of hydrogen-bond donors (Lipinski definition) is 4. The summed E-state index contributed by atoms with van der Waals surface area (Å²) in [4.78, 5) is 76.8. The molecule has 62 heavy (non-hydrogen) atoms. The Hall–Kier alpha value is -6.18. The summed E-state index contributed by atoms with van der Waals surface area (Å²) in [6.07, 6.45) is 4.17. The van der Waals surface area contributed by atoms with Crippen LogP contribution in [0.25, 0.3) is 11.3 Å². The number of anilines is 1. The van der Waals surface area contributed by atoms with E-state index in [0.717, 1.165) is 53.8 Å². The van der Waals surface area contributed by atoms with Gasteiger partial charge in [-0.2, -0.15) is 0 Å². The molecule has 3 aromatic carbocycles. The van der Waals surface area contributed by atoms with Gasteiger partial charge in [0.05, 0.1) is 32.2 Å². The fourth-order valence-electron chi connectivity index (χ4n) is 8.50. The number of carbonyl (C=O) groups is 5. The topological polar surface area (TPSA) is 175 Å². The van der Waals surface area contributed by atoms with Crippen LogP contribution >= 0.6 is 0 Å². The zero-order valence-electron chi connectivity index (χ0n) is 37.1. The molecule has 0 spiro atoms. The lowest BCUT2D eigenvalue weighted by molar-refractivity contribution is -0.137. The fraction of sp³-hybridized carbons (Fsp3) is 0.458. The number of carbonyl (C=O) groups excluding carboxylic acids is 5. The zero-order chi connectivity index (χ0) is 44.8. The number of aromatic amines is 1. The van der Waals surface area contributed by atoms with E-state index in [1.807, 2.05) is 75.7 Å². The van der Waals surface area contributed by atoms with Gasteiger partial charge in [-0.3, -0.25) is 19.7 Å². The molecule has 14 nitrogen and oxygen atoms in total. The lowest BCUT2D eigenvalue weighted by atomic mass is 9.85. The van der Waals surface area contributed by atoms with Crippen LogP contribution in [0.5, 0.6) is 0 Å². The molecule has 4 aromatic rings. The monoisotopic (exact) mass is 847 g/mol. The SMILES string of the molecule is COC(=O)N[C@H](C(=O)NC(=O)[C@@H]1CCCN1c1ccc(CC(c2ccccc2)c2ccc(-c3cnc([C@@H]4CCCN4C(=O)[C@@H](NC(=O)OC)C(C)(C)C)[nH]3)cc2)cc1)C(C)(C)C. The minimum atomic E-state index is -0.960. The molecule has 6 rings (SSSR count). The van der Waals surface area contributed by atoms with Crippen LogP contribution in [0.15, 0.2) is 85.1 Å². The summed E-state index contributed by atoms with van der Waals surface area (Å²) in [5, 5.41) is 7.86. The highest BCUT2D eigenvalue weighted by atomic mass is 16.5. The first kappa shape index (κ1) is 45.3. The lowest BCUT2D eigenvalue weighted by Gasteiger charge is -2.35. The summed E-state index contributed by atoms with van der Waals surface area (Å²) in [5.41, 5.74) is 5.01. The number of hydrogen-bond acceptors (Lipinski definition) is 9. The number of imidazole rings is 1. The van der Waals surface area contributed by atoms with Gasteiger partial charge in [0, 0.05) is 24.7 Å². The third kappa shape index (κ3) is 10.6. The number of H-pyrrole nitrogens is 1.